The molecule has 0 saturated carbocycles. The van der Waals surface area contributed by atoms with Crippen molar-refractivity contribution in [1.29, 1.82) is 0 Å². The highest BCUT2D eigenvalue weighted by molar-refractivity contribution is 6.30. The van der Waals surface area contributed by atoms with E-state index in [-0.39, 0.29) is 18.3 Å². The van der Waals surface area contributed by atoms with E-state index in [4.69, 9.17) is 16.3 Å². The number of carbonyl (C=O) groups excluding carboxylic acids is 1. The van der Waals surface area contributed by atoms with Gasteiger partial charge in [0.25, 0.3) is 5.91 Å². The van der Waals surface area contributed by atoms with Gasteiger partial charge in [-0.2, -0.15) is 0 Å². The lowest BCUT2D eigenvalue weighted by Gasteiger charge is -2.08. The maximum absolute atomic E-state index is 12.0. The number of nitrogens with one attached hydrogen (secondary N) is 2. The number of halogens is 1. The minimum Gasteiger partial charge on any atom is -0.484 e. The van der Waals surface area contributed by atoms with Crippen LogP contribution in [-0.2, 0) is 4.79 Å². The molecule has 0 fully saturated rings. The van der Waals surface area contributed by atoms with Crippen molar-refractivity contribution in [2.45, 2.75) is 0 Å². The van der Waals surface area contributed by atoms with Crippen LogP contribution in [0.1, 0.15) is 0 Å². The Morgan fingerprint density at radius 1 is 1.25 bits per heavy atom. The number of carbonyl (C=O) groups is 1. The van der Waals surface area contributed by atoms with Crippen molar-refractivity contribution < 1.29 is 14.1 Å². The highest BCUT2D eigenvalue weighted by Gasteiger charge is 2.08. The number of hydrogen-bond acceptors (Lipinski definition) is 5. The number of aromatic nitrogens is 2. The van der Waals surface area contributed by atoms with Crippen LogP contribution in [0.3, 0.4) is 0 Å². The molecular formula is C16H12ClN3O4. The van der Waals surface area contributed by atoms with Crippen LogP contribution in [0.25, 0.3) is 11.4 Å². The van der Waals surface area contributed by atoms with Crippen molar-refractivity contribution in [2.75, 3.05) is 11.9 Å². The first-order chi connectivity index (χ1) is 11.6. The number of benzene rings is 2. The Labute approximate surface area is 141 Å². The molecule has 3 aromatic rings. The molecule has 3 rings (SSSR count). The van der Waals surface area contributed by atoms with E-state index in [1.165, 1.54) is 0 Å². The van der Waals surface area contributed by atoms with Gasteiger partial charge in [-0.25, -0.2) is 4.79 Å². The summed E-state index contributed by atoms with van der Waals surface area (Å²) < 4.78 is 9.83. The third-order valence-electron chi connectivity index (χ3n) is 3.04. The van der Waals surface area contributed by atoms with Crippen LogP contribution in [0.4, 0.5) is 5.69 Å². The second kappa shape index (κ2) is 7.01. The molecule has 0 aliphatic carbocycles. The van der Waals surface area contributed by atoms with Gasteiger partial charge in [-0.3, -0.25) is 14.3 Å². The fourth-order valence-electron chi connectivity index (χ4n) is 1.98. The normalized spacial score (nSPS) is 10.4. The van der Waals surface area contributed by atoms with E-state index in [1.54, 1.807) is 48.5 Å². The first-order valence-electron chi connectivity index (χ1n) is 6.95. The molecule has 8 heteroatoms. The van der Waals surface area contributed by atoms with Gasteiger partial charge >= 0.3 is 5.76 Å². The molecule has 7 nitrogen and oxygen atoms in total. The Hall–Kier alpha value is -3.06. The standard InChI is InChI=1S/C16H12ClN3O4/c17-11-4-6-13(7-5-11)23-9-14(21)18-12-3-1-2-10(8-12)15-19-16(22)24-20-15/h1-8H,9H2,(H,18,21)(H,19,20,22). The molecule has 1 aromatic heterocycles. The second-order valence-corrected chi connectivity index (χ2v) is 5.25. The number of amides is 1. The van der Waals surface area contributed by atoms with Crippen LogP contribution in [0, 0.1) is 0 Å². The highest BCUT2D eigenvalue weighted by Crippen LogP contribution is 2.19. The molecule has 2 N–H and O–H groups in total. The van der Waals surface area contributed by atoms with E-state index in [1.807, 2.05) is 0 Å². The summed E-state index contributed by atoms with van der Waals surface area (Å²) >= 11 is 5.78. The molecule has 0 aliphatic rings. The lowest BCUT2D eigenvalue weighted by Crippen LogP contribution is -2.20. The van der Waals surface area contributed by atoms with Crippen molar-refractivity contribution in [1.82, 2.24) is 10.1 Å². The summed E-state index contributed by atoms with van der Waals surface area (Å²) in [5.41, 5.74) is 1.15. The molecule has 0 unspecified atom stereocenters. The summed E-state index contributed by atoms with van der Waals surface area (Å²) in [6, 6.07) is 13.5. The largest absolute Gasteiger partial charge is 0.484 e. The van der Waals surface area contributed by atoms with E-state index < -0.39 is 5.76 Å². The van der Waals surface area contributed by atoms with Crippen molar-refractivity contribution in [2.24, 2.45) is 0 Å². The zero-order valence-corrected chi connectivity index (χ0v) is 13.0. The highest BCUT2D eigenvalue weighted by atomic mass is 35.5. The quantitative estimate of drug-likeness (QED) is 0.741. The SMILES string of the molecule is O=C(COc1ccc(Cl)cc1)Nc1cccc(-c2noc(=O)[nH]2)c1. The molecule has 0 aliphatic heterocycles. The molecule has 0 spiro atoms. The van der Waals surface area contributed by atoms with Crippen molar-refractivity contribution >= 4 is 23.2 Å². The predicted octanol–water partition coefficient (Wildman–Crippen LogP) is 2.70. The van der Waals surface area contributed by atoms with Crippen LogP contribution < -0.4 is 15.8 Å². The van der Waals surface area contributed by atoms with Gasteiger partial charge in [0.2, 0.25) is 0 Å². The monoisotopic (exact) mass is 345 g/mol. The maximum Gasteiger partial charge on any atom is 0.439 e. The molecule has 0 atom stereocenters. The van der Waals surface area contributed by atoms with Crippen LogP contribution in [0.15, 0.2) is 57.8 Å². The second-order valence-electron chi connectivity index (χ2n) is 4.82. The number of hydrogen-bond donors (Lipinski definition) is 2. The Bertz CT molecular complexity index is 902. The predicted molar refractivity (Wildman–Crippen MR) is 88.1 cm³/mol. The molecule has 0 saturated heterocycles. The van der Waals surface area contributed by atoms with Crippen LogP contribution >= 0.6 is 11.6 Å². The Morgan fingerprint density at radius 3 is 2.75 bits per heavy atom. The zero-order chi connectivity index (χ0) is 16.9. The van der Waals surface area contributed by atoms with Crippen LogP contribution in [0.5, 0.6) is 5.75 Å². The Balaban J connectivity index is 1.62. The van der Waals surface area contributed by atoms with Gasteiger partial charge in [-0.05, 0) is 36.4 Å². The Kier molecular flexibility index (Phi) is 4.62. The molecule has 24 heavy (non-hydrogen) atoms. The van der Waals surface area contributed by atoms with Crippen molar-refractivity contribution in [3.05, 3.63) is 64.1 Å². The molecule has 1 heterocycles. The lowest BCUT2D eigenvalue weighted by atomic mass is 10.2. The third-order valence-corrected chi connectivity index (χ3v) is 3.30. The number of nitrogens with zero attached hydrogens (tertiary/aromatic N) is 1. The van der Waals surface area contributed by atoms with E-state index in [2.05, 4.69) is 20.0 Å². The van der Waals surface area contributed by atoms with Crippen molar-refractivity contribution in [3.8, 4) is 17.1 Å². The molecule has 2 aromatic carbocycles. The summed E-state index contributed by atoms with van der Waals surface area (Å²) in [6.07, 6.45) is 0. The molecule has 1 amide bonds. The van der Waals surface area contributed by atoms with Gasteiger partial charge < -0.3 is 10.1 Å². The van der Waals surface area contributed by atoms with Crippen LogP contribution in [-0.4, -0.2) is 22.7 Å². The minimum atomic E-state index is -0.643. The summed E-state index contributed by atoms with van der Waals surface area (Å²) in [6.45, 7) is -0.146. The van der Waals surface area contributed by atoms with Gasteiger partial charge in [0.05, 0.1) is 0 Å². The number of H-pyrrole nitrogens is 1. The average molecular weight is 346 g/mol. The molecule has 122 valence electrons. The fourth-order valence-corrected chi connectivity index (χ4v) is 2.10. The number of aromatic amines is 1. The van der Waals surface area contributed by atoms with E-state index in [9.17, 15) is 9.59 Å². The smallest absolute Gasteiger partial charge is 0.439 e. The van der Waals surface area contributed by atoms with E-state index >= 15 is 0 Å². The number of ether oxygens (including phenoxy) is 1. The first-order valence-corrected chi connectivity index (χ1v) is 7.32. The van der Waals surface area contributed by atoms with Gasteiger partial charge in [0.15, 0.2) is 12.4 Å². The van der Waals surface area contributed by atoms with Crippen LogP contribution in [0.2, 0.25) is 5.02 Å². The molecular weight excluding hydrogens is 334 g/mol. The van der Waals surface area contributed by atoms with E-state index in [0.717, 1.165) is 0 Å². The molecule has 0 radical (unpaired) electrons. The van der Waals surface area contributed by atoms with Gasteiger partial charge in [-0.15, -0.1) is 0 Å². The average Bonchev–Trinajstić information content (AvgIpc) is 3.01. The third kappa shape index (κ3) is 4.02. The topological polar surface area (TPSA) is 97.2 Å². The minimum absolute atomic E-state index is 0.146. The summed E-state index contributed by atoms with van der Waals surface area (Å²) in [5, 5.41) is 6.89. The van der Waals surface area contributed by atoms with Gasteiger partial charge in [-0.1, -0.05) is 28.9 Å². The fraction of sp³-hybridized carbons (Fsp3) is 0.0625. The zero-order valence-electron chi connectivity index (χ0n) is 12.3. The molecule has 0 bridgehead atoms. The summed E-state index contributed by atoms with van der Waals surface area (Å²) in [7, 11) is 0. The summed E-state index contributed by atoms with van der Waals surface area (Å²) in [4.78, 5) is 25.4. The van der Waals surface area contributed by atoms with E-state index in [0.29, 0.717) is 22.0 Å². The lowest BCUT2D eigenvalue weighted by molar-refractivity contribution is -0.118. The maximum atomic E-state index is 12.0. The number of anilines is 1. The first kappa shape index (κ1) is 15.8. The summed E-state index contributed by atoms with van der Waals surface area (Å²) in [5.74, 6) is -0.136. The van der Waals surface area contributed by atoms with Gasteiger partial charge in [0, 0.05) is 16.3 Å². The Morgan fingerprint density at radius 2 is 2.04 bits per heavy atom. The van der Waals surface area contributed by atoms with Crippen molar-refractivity contribution in [3.63, 3.8) is 0 Å². The van der Waals surface area contributed by atoms with Gasteiger partial charge in [0.1, 0.15) is 5.75 Å². The number of rotatable bonds is 5.